The molecule has 3 heterocycles. The molecule has 0 aliphatic carbocycles. The average Bonchev–Trinajstić information content (AvgIpc) is 3.31. The zero-order valence-electron chi connectivity index (χ0n) is 17.0. The summed E-state index contributed by atoms with van der Waals surface area (Å²) >= 11 is 0. The van der Waals surface area contributed by atoms with Gasteiger partial charge in [-0.1, -0.05) is 26.0 Å². The van der Waals surface area contributed by atoms with E-state index in [4.69, 9.17) is 14.4 Å². The summed E-state index contributed by atoms with van der Waals surface area (Å²) in [6.07, 6.45) is 1.54. The number of para-hydroxylation sites is 1. The van der Waals surface area contributed by atoms with E-state index in [9.17, 15) is 4.79 Å². The number of hydrogen-bond acceptors (Lipinski definition) is 6. The molecule has 0 spiro atoms. The highest BCUT2D eigenvalue weighted by Crippen LogP contribution is 2.25. The zero-order valence-corrected chi connectivity index (χ0v) is 17.0. The molecule has 4 rings (SSSR count). The van der Waals surface area contributed by atoms with Crippen LogP contribution in [0.15, 0.2) is 47.1 Å². The van der Waals surface area contributed by atoms with Crippen molar-refractivity contribution in [3.8, 4) is 0 Å². The molecule has 1 fully saturated rings. The fourth-order valence-corrected chi connectivity index (χ4v) is 3.74. The van der Waals surface area contributed by atoms with Gasteiger partial charge in [-0.25, -0.2) is 9.97 Å². The van der Waals surface area contributed by atoms with Crippen molar-refractivity contribution < 1.29 is 9.21 Å². The van der Waals surface area contributed by atoms with E-state index < -0.39 is 0 Å². The number of carbonyl (C=O) groups is 1. The minimum atomic E-state index is -0.0515. The lowest BCUT2D eigenvalue weighted by molar-refractivity contribution is 0.0714. The lowest BCUT2D eigenvalue weighted by Crippen LogP contribution is -2.49. The number of aromatic nitrogens is 2. The molecule has 0 radical (unpaired) electrons. The predicted octanol–water partition coefficient (Wildman–Crippen LogP) is 3.03. The minimum absolute atomic E-state index is 0.0515. The molecular weight excluding hydrogens is 366 g/mol. The molecular formula is C22H27N5O2. The summed E-state index contributed by atoms with van der Waals surface area (Å²) in [4.78, 5) is 28.7. The molecule has 1 amide bonds. The van der Waals surface area contributed by atoms with E-state index in [0.29, 0.717) is 18.8 Å². The van der Waals surface area contributed by atoms with Gasteiger partial charge in [-0.2, -0.15) is 0 Å². The third-order valence-corrected chi connectivity index (χ3v) is 5.49. The van der Waals surface area contributed by atoms with Gasteiger partial charge in [0.15, 0.2) is 5.76 Å². The summed E-state index contributed by atoms with van der Waals surface area (Å²) in [5.74, 6) is 2.15. The van der Waals surface area contributed by atoms with E-state index in [1.807, 2.05) is 23.1 Å². The third kappa shape index (κ3) is 4.10. The highest BCUT2D eigenvalue weighted by Gasteiger charge is 2.25. The van der Waals surface area contributed by atoms with E-state index in [2.05, 4.69) is 29.7 Å². The van der Waals surface area contributed by atoms with Crippen LogP contribution >= 0.6 is 0 Å². The van der Waals surface area contributed by atoms with Gasteiger partial charge in [0.25, 0.3) is 5.91 Å². The Kier molecular flexibility index (Phi) is 5.76. The molecule has 0 unspecified atom stereocenters. The molecule has 152 valence electrons. The summed E-state index contributed by atoms with van der Waals surface area (Å²) in [6.45, 7) is 9.73. The minimum Gasteiger partial charge on any atom is -0.459 e. The maximum absolute atomic E-state index is 12.5. The van der Waals surface area contributed by atoms with Gasteiger partial charge < -0.3 is 14.2 Å². The Morgan fingerprint density at radius 1 is 1.03 bits per heavy atom. The maximum atomic E-state index is 12.5. The molecule has 0 saturated carbocycles. The van der Waals surface area contributed by atoms with Crippen LogP contribution in [0.5, 0.6) is 0 Å². The molecule has 1 saturated heterocycles. The molecule has 7 heteroatoms. The number of benzene rings is 1. The Balaban J connectivity index is 1.56. The van der Waals surface area contributed by atoms with E-state index in [0.717, 1.165) is 55.3 Å². The first-order valence-corrected chi connectivity index (χ1v) is 10.2. The summed E-state index contributed by atoms with van der Waals surface area (Å²) in [5.41, 5.74) is 0.966. The van der Waals surface area contributed by atoms with Crippen molar-refractivity contribution >= 4 is 22.6 Å². The second kappa shape index (κ2) is 8.61. The second-order valence-electron chi connectivity index (χ2n) is 7.20. The van der Waals surface area contributed by atoms with Crippen LogP contribution in [0, 0.1) is 0 Å². The van der Waals surface area contributed by atoms with Crippen LogP contribution in [-0.2, 0) is 6.54 Å². The summed E-state index contributed by atoms with van der Waals surface area (Å²) in [6, 6.07) is 11.6. The average molecular weight is 393 g/mol. The fraction of sp³-hybridized carbons (Fsp3) is 0.409. The van der Waals surface area contributed by atoms with Crippen molar-refractivity contribution in [3.05, 3.63) is 54.2 Å². The molecule has 7 nitrogen and oxygen atoms in total. The normalized spacial score (nSPS) is 14.7. The molecule has 3 aromatic rings. The molecule has 1 aromatic carbocycles. The van der Waals surface area contributed by atoms with Gasteiger partial charge in [-0.15, -0.1) is 0 Å². The van der Waals surface area contributed by atoms with Crippen molar-refractivity contribution in [1.82, 2.24) is 19.8 Å². The highest BCUT2D eigenvalue weighted by molar-refractivity contribution is 5.92. The monoisotopic (exact) mass is 393 g/mol. The maximum Gasteiger partial charge on any atom is 0.289 e. The molecule has 29 heavy (non-hydrogen) atoms. The standard InChI is InChI=1S/C22H27N5O2/c1-3-25(4-2)16-20-23-18-9-6-5-8-17(18)21(24-20)26-11-13-27(14-12-26)22(28)19-10-7-15-29-19/h5-10,15H,3-4,11-14,16H2,1-2H3. The SMILES string of the molecule is CCN(CC)Cc1nc(N2CCN(C(=O)c3ccco3)CC2)c2ccccc2n1. The van der Waals surface area contributed by atoms with Gasteiger partial charge >= 0.3 is 0 Å². The van der Waals surface area contributed by atoms with Gasteiger partial charge in [-0.3, -0.25) is 9.69 Å². The number of amides is 1. The first-order chi connectivity index (χ1) is 14.2. The lowest BCUT2D eigenvalue weighted by Gasteiger charge is -2.35. The van der Waals surface area contributed by atoms with Crippen molar-refractivity contribution in [2.75, 3.05) is 44.2 Å². The number of furan rings is 1. The van der Waals surface area contributed by atoms with E-state index in [1.165, 1.54) is 6.26 Å². The second-order valence-corrected chi connectivity index (χ2v) is 7.20. The van der Waals surface area contributed by atoms with Crippen LogP contribution in [-0.4, -0.2) is 64.9 Å². The van der Waals surface area contributed by atoms with Crippen molar-refractivity contribution in [2.24, 2.45) is 0 Å². The molecule has 1 aliphatic rings. The quantitative estimate of drug-likeness (QED) is 0.641. The first kappa shape index (κ1) is 19.4. The molecule has 0 N–H and O–H groups in total. The van der Waals surface area contributed by atoms with Gasteiger partial charge in [0.2, 0.25) is 0 Å². The lowest BCUT2D eigenvalue weighted by atomic mass is 10.2. The Labute approximate surface area is 170 Å². The van der Waals surface area contributed by atoms with E-state index in [-0.39, 0.29) is 5.91 Å². The zero-order chi connectivity index (χ0) is 20.2. The number of piperazine rings is 1. The van der Waals surface area contributed by atoms with Crippen LogP contribution in [0.4, 0.5) is 5.82 Å². The number of fused-ring (bicyclic) bond motifs is 1. The first-order valence-electron chi connectivity index (χ1n) is 10.2. The smallest absolute Gasteiger partial charge is 0.289 e. The summed E-state index contributed by atoms with van der Waals surface area (Å²) < 4.78 is 5.26. The number of carbonyl (C=O) groups excluding carboxylic acids is 1. The molecule has 0 atom stereocenters. The fourth-order valence-electron chi connectivity index (χ4n) is 3.74. The van der Waals surface area contributed by atoms with Crippen LogP contribution < -0.4 is 4.90 Å². The van der Waals surface area contributed by atoms with E-state index >= 15 is 0 Å². The van der Waals surface area contributed by atoms with Gasteiger partial charge in [0.1, 0.15) is 11.6 Å². The van der Waals surface area contributed by atoms with Crippen molar-refractivity contribution in [1.29, 1.82) is 0 Å². The van der Waals surface area contributed by atoms with E-state index in [1.54, 1.807) is 12.1 Å². The van der Waals surface area contributed by atoms with Gasteiger partial charge in [0, 0.05) is 31.6 Å². The topological polar surface area (TPSA) is 65.7 Å². The van der Waals surface area contributed by atoms with Crippen molar-refractivity contribution in [2.45, 2.75) is 20.4 Å². The van der Waals surface area contributed by atoms with Gasteiger partial charge in [0.05, 0.1) is 18.3 Å². The third-order valence-electron chi connectivity index (χ3n) is 5.49. The molecule has 1 aliphatic heterocycles. The number of rotatable bonds is 6. The predicted molar refractivity (Wildman–Crippen MR) is 113 cm³/mol. The van der Waals surface area contributed by atoms with Gasteiger partial charge in [-0.05, 0) is 37.4 Å². The van der Waals surface area contributed by atoms with Crippen molar-refractivity contribution in [3.63, 3.8) is 0 Å². The highest BCUT2D eigenvalue weighted by atomic mass is 16.3. The Morgan fingerprint density at radius 3 is 2.48 bits per heavy atom. The summed E-state index contributed by atoms with van der Waals surface area (Å²) in [7, 11) is 0. The Bertz CT molecular complexity index is 961. The van der Waals surface area contributed by atoms with Crippen LogP contribution in [0.1, 0.15) is 30.2 Å². The van der Waals surface area contributed by atoms with Crippen LogP contribution in [0.25, 0.3) is 10.9 Å². The molecule has 0 bridgehead atoms. The largest absolute Gasteiger partial charge is 0.459 e. The Hall–Kier alpha value is -2.93. The molecule has 2 aromatic heterocycles. The number of anilines is 1. The van der Waals surface area contributed by atoms with Crippen LogP contribution in [0.2, 0.25) is 0 Å². The number of nitrogens with zero attached hydrogens (tertiary/aromatic N) is 5. The summed E-state index contributed by atoms with van der Waals surface area (Å²) in [5, 5.41) is 1.06. The number of hydrogen-bond donors (Lipinski definition) is 0. The van der Waals surface area contributed by atoms with Crippen LogP contribution in [0.3, 0.4) is 0 Å². The Morgan fingerprint density at radius 2 is 1.79 bits per heavy atom.